The molecule has 0 unspecified atom stereocenters. The van der Waals surface area contributed by atoms with Gasteiger partial charge in [-0.05, 0) is 39.9 Å². The Morgan fingerprint density at radius 2 is 1.28 bits per heavy atom. The van der Waals surface area contributed by atoms with Crippen LogP contribution < -0.4 is 10.3 Å². The molecule has 5 aromatic rings. The van der Waals surface area contributed by atoms with Crippen molar-refractivity contribution in [1.29, 1.82) is 0 Å². The van der Waals surface area contributed by atoms with Gasteiger partial charge in [-0.25, -0.2) is 0 Å². The fourth-order valence-corrected chi connectivity index (χ4v) is 4.62. The van der Waals surface area contributed by atoms with Gasteiger partial charge < -0.3 is 9.30 Å². The largest absolute Gasteiger partial charge is 0.486 e. The number of aromatic nitrogens is 1. The van der Waals surface area contributed by atoms with Crippen LogP contribution in [0.15, 0.2) is 108 Å². The van der Waals surface area contributed by atoms with E-state index in [0.717, 1.165) is 50.0 Å². The first-order valence-corrected chi connectivity index (χ1v) is 10.8. The molecule has 0 saturated carbocycles. The van der Waals surface area contributed by atoms with Crippen LogP contribution in [0.4, 0.5) is 0 Å². The van der Waals surface area contributed by atoms with Gasteiger partial charge in [-0.1, -0.05) is 84.9 Å². The molecule has 154 valence electrons. The molecule has 3 heteroatoms. The highest BCUT2D eigenvalue weighted by atomic mass is 16.5. The van der Waals surface area contributed by atoms with Crippen LogP contribution in [0.2, 0.25) is 0 Å². The molecule has 0 saturated heterocycles. The van der Waals surface area contributed by atoms with Crippen molar-refractivity contribution < 1.29 is 4.74 Å². The maximum absolute atomic E-state index is 13.1. The quantitative estimate of drug-likeness (QED) is 0.340. The lowest BCUT2D eigenvalue weighted by molar-refractivity contribution is 0.305. The normalized spacial score (nSPS) is 12.5. The van der Waals surface area contributed by atoms with Crippen molar-refractivity contribution in [2.45, 2.75) is 13.2 Å². The Kier molecular flexibility index (Phi) is 4.39. The molecule has 0 fully saturated rings. The topological polar surface area (TPSA) is 31.2 Å². The van der Waals surface area contributed by atoms with E-state index in [1.165, 1.54) is 0 Å². The second-order valence-corrected chi connectivity index (χ2v) is 8.11. The van der Waals surface area contributed by atoms with Gasteiger partial charge in [0.1, 0.15) is 6.61 Å². The van der Waals surface area contributed by atoms with Crippen molar-refractivity contribution in [2.75, 3.05) is 0 Å². The van der Waals surface area contributed by atoms with Crippen LogP contribution in [0, 0.1) is 0 Å². The molecule has 0 N–H and O–H groups in total. The second kappa shape index (κ2) is 7.54. The Labute approximate surface area is 186 Å². The summed E-state index contributed by atoms with van der Waals surface area (Å²) in [7, 11) is 0. The van der Waals surface area contributed by atoms with E-state index >= 15 is 0 Å². The molecule has 6 rings (SSSR count). The van der Waals surface area contributed by atoms with Crippen LogP contribution in [-0.2, 0) is 13.2 Å². The predicted molar refractivity (Wildman–Crippen MR) is 129 cm³/mol. The third-order valence-corrected chi connectivity index (χ3v) is 6.21. The highest BCUT2D eigenvalue weighted by Gasteiger charge is 2.22. The van der Waals surface area contributed by atoms with Gasteiger partial charge in [0.25, 0.3) is 5.56 Å². The van der Waals surface area contributed by atoms with Gasteiger partial charge in [-0.2, -0.15) is 0 Å². The van der Waals surface area contributed by atoms with Crippen molar-refractivity contribution in [1.82, 2.24) is 4.57 Å². The van der Waals surface area contributed by atoms with Crippen molar-refractivity contribution in [3.05, 3.63) is 125 Å². The SMILES string of the molecule is O=c1ccc2c(-c3ccccc3)cc(-c3ccccc3)c3c2n1Cc1ccccc1CO3. The third kappa shape index (κ3) is 3.02. The first-order valence-electron chi connectivity index (χ1n) is 10.8. The van der Waals surface area contributed by atoms with Crippen molar-refractivity contribution in [3.63, 3.8) is 0 Å². The van der Waals surface area contributed by atoms with E-state index in [9.17, 15) is 4.79 Å². The second-order valence-electron chi connectivity index (χ2n) is 8.11. The van der Waals surface area contributed by atoms with E-state index < -0.39 is 0 Å². The Balaban J connectivity index is 1.75. The number of benzene rings is 4. The Morgan fingerprint density at radius 1 is 0.656 bits per heavy atom. The van der Waals surface area contributed by atoms with E-state index in [1.54, 1.807) is 6.07 Å². The Morgan fingerprint density at radius 3 is 2.00 bits per heavy atom. The molecule has 2 heterocycles. The molecule has 3 nitrogen and oxygen atoms in total. The van der Waals surface area contributed by atoms with Crippen LogP contribution in [0.3, 0.4) is 0 Å². The van der Waals surface area contributed by atoms with Gasteiger partial charge in [0.2, 0.25) is 0 Å². The fraction of sp³-hybridized carbons (Fsp3) is 0.0690. The van der Waals surface area contributed by atoms with Gasteiger partial charge in [-0.3, -0.25) is 4.79 Å². The zero-order valence-corrected chi connectivity index (χ0v) is 17.5. The number of hydrogen-bond donors (Lipinski definition) is 0. The average Bonchev–Trinajstić information content (AvgIpc) is 2.84. The summed E-state index contributed by atoms with van der Waals surface area (Å²) in [5.74, 6) is 0.762. The smallest absolute Gasteiger partial charge is 0.251 e. The molecule has 0 atom stereocenters. The fourth-order valence-electron chi connectivity index (χ4n) is 4.62. The van der Waals surface area contributed by atoms with Crippen LogP contribution in [-0.4, -0.2) is 4.57 Å². The first kappa shape index (κ1) is 18.6. The summed E-state index contributed by atoms with van der Waals surface area (Å²) < 4.78 is 8.36. The molecule has 0 bridgehead atoms. The lowest BCUT2D eigenvalue weighted by Crippen LogP contribution is -2.23. The van der Waals surface area contributed by atoms with Gasteiger partial charge in [-0.15, -0.1) is 0 Å². The zero-order chi connectivity index (χ0) is 21.5. The molecule has 1 aliphatic rings. The minimum absolute atomic E-state index is 0.0247. The molecule has 0 aliphatic carbocycles. The van der Waals surface area contributed by atoms with E-state index in [4.69, 9.17) is 4.74 Å². The maximum Gasteiger partial charge on any atom is 0.251 e. The van der Waals surface area contributed by atoms with Crippen LogP contribution in [0.1, 0.15) is 11.1 Å². The third-order valence-electron chi connectivity index (χ3n) is 6.21. The number of nitrogens with zero attached hydrogens (tertiary/aromatic N) is 1. The zero-order valence-electron chi connectivity index (χ0n) is 17.5. The lowest BCUT2D eigenvalue weighted by atomic mass is 9.93. The minimum atomic E-state index is -0.0247. The van der Waals surface area contributed by atoms with Gasteiger partial charge in [0.15, 0.2) is 5.75 Å². The lowest BCUT2D eigenvalue weighted by Gasteiger charge is -2.24. The highest BCUT2D eigenvalue weighted by molar-refractivity contribution is 6.03. The average molecular weight is 415 g/mol. The van der Waals surface area contributed by atoms with Crippen LogP contribution in [0.25, 0.3) is 33.2 Å². The molecule has 1 aromatic heterocycles. The van der Waals surface area contributed by atoms with Gasteiger partial charge in [0.05, 0.1) is 12.1 Å². The Hall–Kier alpha value is -4.11. The molecule has 0 radical (unpaired) electrons. The number of rotatable bonds is 2. The molecular weight excluding hydrogens is 394 g/mol. The molecule has 32 heavy (non-hydrogen) atoms. The summed E-state index contributed by atoms with van der Waals surface area (Å²) >= 11 is 0. The maximum atomic E-state index is 13.1. The summed E-state index contributed by atoms with van der Waals surface area (Å²) in [5, 5.41) is 1.02. The highest BCUT2D eigenvalue weighted by Crippen LogP contribution is 2.43. The predicted octanol–water partition coefficient (Wildman–Crippen LogP) is 6.28. The van der Waals surface area contributed by atoms with Gasteiger partial charge in [0, 0.05) is 17.0 Å². The first-order chi connectivity index (χ1) is 15.8. The monoisotopic (exact) mass is 415 g/mol. The molecule has 0 amide bonds. The van der Waals surface area contributed by atoms with Gasteiger partial charge >= 0.3 is 0 Å². The van der Waals surface area contributed by atoms with E-state index in [-0.39, 0.29) is 5.56 Å². The van der Waals surface area contributed by atoms with Crippen molar-refractivity contribution in [2.24, 2.45) is 0 Å². The summed E-state index contributed by atoms with van der Waals surface area (Å²) in [6, 6.07) is 34.6. The van der Waals surface area contributed by atoms with E-state index in [2.05, 4.69) is 42.5 Å². The summed E-state index contributed by atoms with van der Waals surface area (Å²) in [6.45, 7) is 0.994. The van der Waals surface area contributed by atoms with Crippen molar-refractivity contribution in [3.8, 4) is 28.0 Å². The van der Waals surface area contributed by atoms with Crippen molar-refractivity contribution >= 4 is 10.9 Å². The molecule has 0 spiro atoms. The summed E-state index contributed by atoms with van der Waals surface area (Å²) in [5.41, 5.74) is 7.31. The minimum Gasteiger partial charge on any atom is -0.486 e. The Bertz CT molecular complexity index is 1500. The van der Waals surface area contributed by atoms with E-state index in [1.807, 2.05) is 59.2 Å². The number of ether oxygens (including phenoxy) is 1. The standard InChI is InChI=1S/C29H21NO2/c31-27-16-15-24-25(20-9-3-1-4-10-20)17-26(21-11-5-2-6-12-21)29-28(24)30(27)18-22-13-7-8-14-23(22)19-32-29/h1-17H,18-19H2. The number of hydrogen-bond acceptors (Lipinski definition) is 2. The summed E-state index contributed by atoms with van der Waals surface area (Å²) in [4.78, 5) is 13.1. The van der Waals surface area contributed by atoms with E-state index in [0.29, 0.717) is 13.2 Å². The molecule has 4 aromatic carbocycles. The molecular formula is C29H21NO2. The molecule has 1 aliphatic heterocycles. The number of pyridine rings is 1. The van der Waals surface area contributed by atoms with Crippen LogP contribution in [0.5, 0.6) is 5.75 Å². The number of fused-ring (bicyclic) bond motifs is 1. The summed E-state index contributed by atoms with van der Waals surface area (Å²) in [6.07, 6.45) is 0. The van der Waals surface area contributed by atoms with Crippen LogP contribution >= 0.6 is 0 Å².